The minimum Gasteiger partial charge on any atom is -0.496 e. The summed E-state index contributed by atoms with van der Waals surface area (Å²) in [7, 11) is 1.51. The fourth-order valence-corrected chi connectivity index (χ4v) is 3.97. The number of nitrogen functional groups attached to an aromatic ring is 1. The lowest BCUT2D eigenvalue weighted by Gasteiger charge is -2.15. The third-order valence-electron chi connectivity index (χ3n) is 5.77. The standard InChI is InChI=1S/C26H26N4O3/c1-32-23-15-21(33-17-18-7-3-2-4-8-18)11-12-22(23)24(31)26(29-20-9-5-6-10-20)30-14-13-19(16-27)25(30)28/h2-4,7-8,11-15,20H,5-6,9-10,17,28H2,1H3. The van der Waals surface area contributed by atoms with Gasteiger partial charge in [0.05, 0.1) is 24.3 Å². The molecule has 7 heteroatoms. The van der Waals surface area contributed by atoms with Crippen LogP contribution in [0.3, 0.4) is 0 Å². The number of methoxy groups -OCH3 is 1. The topological polar surface area (TPSA) is 103 Å². The minimum atomic E-state index is -0.319. The summed E-state index contributed by atoms with van der Waals surface area (Å²) in [6.45, 7) is 0.405. The van der Waals surface area contributed by atoms with E-state index >= 15 is 0 Å². The number of nitrogens with zero attached hydrogens (tertiary/aromatic N) is 3. The fourth-order valence-electron chi connectivity index (χ4n) is 3.97. The number of aliphatic imine (C=N–C) groups is 1. The first-order chi connectivity index (χ1) is 16.1. The number of rotatable bonds is 7. The lowest BCUT2D eigenvalue weighted by molar-refractivity contribution is 0.105. The summed E-state index contributed by atoms with van der Waals surface area (Å²) in [5.41, 5.74) is 7.85. The highest BCUT2D eigenvalue weighted by atomic mass is 16.5. The Hall–Kier alpha value is -4.05. The molecule has 0 bridgehead atoms. The van der Waals surface area contributed by atoms with Crippen LogP contribution in [-0.4, -0.2) is 29.3 Å². The van der Waals surface area contributed by atoms with Crippen LogP contribution in [0.5, 0.6) is 11.5 Å². The molecule has 1 heterocycles. The number of carbonyl (C=O) groups excluding carboxylic acids is 1. The van der Waals surface area contributed by atoms with Crippen molar-refractivity contribution in [2.75, 3.05) is 12.8 Å². The number of carbonyl (C=O) groups is 1. The predicted octanol–water partition coefficient (Wildman–Crippen LogP) is 4.60. The van der Waals surface area contributed by atoms with Crippen molar-refractivity contribution in [3.8, 4) is 17.6 Å². The highest BCUT2D eigenvalue weighted by Crippen LogP contribution is 2.28. The van der Waals surface area contributed by atoms with E-state index in [0.717, 1.165) is 31.2 Å². The van der Waals surface area contributed by atoms with E-state index in [0.29, 0.717) is 29.2 Å². The summed E-state index contributed by atoms with van der Waals surface area (Å²) in [6, 6.07) is 18.6. The van der Waals surface area contributed by atoms with Gasteiger partial charge in [0.25, 0.3) is 0 Å². The van der Waals surface area contributed by atoms with Gasteiger partial charge in [-0.25, -0.2) is 0 Å². The third kappa shape index (κ3) is 4.90. The van der Waals surface area contributed by atoms with Crippen LogP contribution in [0.2, 0.25) is 0 Å². The molecule has 168 valence electrons. The maximum Gasteiger partial charge on any atom is 0.232 e. The van der Waals surface area contributed by atoms with Crippen LogP contribution in [0, 0.1) is 11.3 Å². The maximum atomic E-state index is 13.6. The number of Topliss-reactive ketones (excluding diaryl/α,β-unsaturated/α-hetero) is 1. The second-order valence-electron chi connectivity index (χ2n) is 7.95. The van der Waals surface area contributed by atoms with Gasteiger partial charge in [0.15, 0.2) is 5.84 Å². The van der Waals surface area contributed by atoms with Gasteiger partial charge in [-0.1, -0.05) is 43.2 Å². The monoisotopic (exact) mass is 442 g/mol. The molecule has 0 saturated heterocycles. The lowest BCUT2D eigenvalue weighted by atomic mass is 10.1. The number of ether oxygens (including phenoxy) is 2. The molecule has 1 saturated carbocycles. The van der Waals surface area contributed by atoms with Crippen LogP contribution in [0.15, 0.2) is 65.8 Å². The molecular formula is C26H26N4O3. The first-order valence-corrected chi connectivity index (χ1v) is 10.9. The van der Waals surface area contributed by atoms with Crippen molar-refractivity contribution in [3.63, 3.8) is 0 Å². The largest absolute Gasteiger partial charge is 0.496 e. The van der Waals surface area contributed by atoms with Crippen LogP contribution in [-0.2, 0) is 6.61 Å². The smallest absolute Gasteiger partial charge is 0.232 e. The summed E-state index contributed by atoms with van der Waals surface area (Å²) >= 11 is 0. The van der Waals surface area contributed by atoms with Crippen LogP contribution in [0.25, 0.3) is 0 Å². The maximum absolute atomic E-state index is 13.6. The Balaban J connectivity index is 1.65. The summed E-state index contributed by atoms with van der Waals surface area (Å²) in [6.07, 6.45) is 5.62. The third-order valence-corrected chi connectivity index (χ3v) is 5.77. The van der Waals surface area contributed by atoms with Crippen molar-refractivity contribution >= 4 is 17.4 Å². The van der Waals surface area contributed by atoms with Crippen molar-refractivity contribution in [1.29, 1.82) is 5.26 Å². The SMILES string of the molecule is COc1cc(OCc2ccccc2)ccc1C(=O)C(=NC1CCCC1)n1ccc(C#N)c1N. The summed E-state index contributed by atoms with van der Waals surface area (Å²) < 4.78 is 12.9. The number of ketones is 1. The van der Waals surface area contributed by atoms with Gasteiger partial charge in [-0.3, -0.25) is 14.4 Å². The number of benzene rings is 2. The minimum absolute atomic E-state index is 0.0516. The number of hydrogen-bond acceptors (Lipinski definition) is 6. The van der Waals surface area contributed by atoms with E-state index in [1.807, 2.05) is 36.4 Å². The Kier molecular flexibility index (Phi) is 6.75. The zero-order chi connectivity index (χ0) is 23.2. The molecule has 3 aromatic rings. The van der Waals surface area contributed by atoms with E-state index in [1.54, 1.807) is 30.5 Å². The Morgan fingerprint density at radius 1 is 1.18 bits per heavy atom. The van der Waals surface area contributed by atoms with Crippen LogP contribution >= 0.6 is 0 Å². The number of aromatic nitrogens is 1. The van der Waals surface area contributed by atoms with Gasteiger partial charge in [0.1, 0.15) is 30.0 Å². The molecule has 33 heavy (non-hydrogen) atoms. The molecule has 2 N–H and O–H groups in total. The first kappa shape index (κ1) is 22.2. The van der Waals surface area contributed by atoms with E-state index in [-0.39, 0.29) is 23.5 Å². The molecule has 0 unspecified atom stereocenters. The van der Waals surface area contributed by atoms with E-state index in [1.165, 1.54) is 11.7 Å². The van der Waals surface area contributed by atoms with E-state index in [2.05, 4.69) is 0 Å². The molecule has 1 fully saturated rings. The second kappa shape index (κ2) is 10.0. The van der Waals surface area contributed by atoms with Gasteiger partial charge in [-0.05, 0) is 36.6 Å². The lowest BCUT2D eigenvalue weighted by Crippen LogP contribution is -2.26. The van der Waals surface area contributed by atoms with Gasteiger partial charge < -0.3 is 15.2 Å². The van der Waals surface area contributed by atoms with Gasteiger partial charge >= 0.3 is 0 Å². The summed E-state index contributed by atoms with van der Waals surface area (Å²) in [5, 5.41) is 9.30. The van der Waals surface area contributed by atoms with Crippen molar-refractivity contribution in [2.45, 2.75) is 38.3 Å². The van der Waals surface area contributed by atoms with Crippen molar-refractivity contribution in [2.24, 2.45) is 4.99 Å². The number of nitriles is 1. The summed E-state index contributed by atoms with van der Waals surface area (Å²) in [5.74, 6) is 1.05. The molecule has 0 amide bonds. The molecule has 0 spiro atoms. The van der Waals surface area contributed by atoms with Crippen molar-refractivity contribution < 1.29 is 14.3 Å². The highest BCUT2D eigenvalue weighted by Gasteiger charge is 2.25. The normalized spacial score (nSPS) is 14.1. The molecular weight excluding hydrogens is 416 g/mol. The molecule has 7 nitrogen and oxygen atoms in total. The zero-order valence-corrected chi connectivity index (χ0v) is 18.5. The molecule has 1 aliphatic rings. The number of anilines is 1. The Labute approximate surface area is 193 Å². The molecule has 1 aliphatic carbocycles. The van der Waals surface area contributed by atoms with Crippen LogP contribution in [0.1, 0.15) is 47.2 Å². The van der Waals surface area contributed by atoms with Crippen molar-refractivity contribution in [1.82, 2.24) is 4.57 Å². The molecule has 0 radical (unpaired) electrons. The predicted molar refractivity (Wildman–Crippen MR) is 127 cm³/mol. The molecule has 0 aliphatic heterocycles. The highest BCUT2D eigenvalue weighted by molar-refractivity contribution is 6.46. The molecule has 2 aromatic carbocycles. The van der Waals surface area contributed by atoms with Gasteiger partial charge in [-0.15, -0.1) is 0 Å². The quantitative estimate of drug-likeness (QED) is 0.327. The Morgan fingerprint density at radius 2 is 1.94 bits per heavy atom. The van der Waals surface area contributed by atoms with E-state index in [4.69, 9.17) is 20.2 Å². The van der Waals surface area contributed by atoms with Crippen molar-refractivity contribution in [3.05, 3.63) is 77.5 Å². The summed E-state index contributed by atoms with van der Waals surface area (Å²) in [4.78, 5) is 18.4. The molecule has 4 rings (SSSR count). The number of hydrogen-bond donors (Lipinski definition) is 1. The molecule has 1 aromatic heterocycles. The van der Waals surface area contributed by atoms with E-state index in [9.17, 15) is 10.1 Å². The average Bonchev–Trinajstić information content (AvgIpc) is 3.50. The Morgan fingerprint density at radius 3 is 2.61 bits per heavy atom. The van der Waals surface area contributed by atoms with Gasteiger partial charge in [0.2, 0.25) is 5.78 Å². The Bertz CT molecular complexity index is 1200. The average molecular weight is 443 g/mol. The van der Waals surface area contributed by atoms with Crippen LogP contribution in [0.4, 0.5) is 5.82 Å². The van der Waals surface area contributed by atoms with Gasteiger partial charge in [-0.2, -0.15) is 5.26 Å². The fraction of sp³-hybridized carbons (Fsp3) is 0.269. The second-order valence-corrected chi connectivity index (χ2v) is 7.95. The number of nitrogens with two attached hydrogens (primary N) is 1. The van der Waals surface area contributed by atoms with Crippen LogP contribution < -0.4 is 15.2 Å². The van der Waals surface area contributed by atoms with E-state index < -0.39 is 0 Å². The first-order valence-electron chi connectivity index (χ1n) is 10.9. The molecule has 0 atom stereocenters. The zero-order valence-electron chi connectivity index (χ0n) is 18.5. The van der Waals surface area contributed by atoms with Gasteiger partial charge in [0, 0.05) is 12.3 Å².